The first-order valence-electron chi connectivity index (χ1n) is 16.1. The van der Waals surface area contributed by atoms with Crippen molar-refractivity contribution in [2.75, 3.05) is 13.1 Å². The van der Waals surface area contributed by atoms with Crippen molar-refractivity contribution in [3.8, 4) is 0 Å². The van der Waals surface area contributed by atoms with Crippen LogP contribution in [0.15, 0.2) is 42.5 Å². The minimum Gasteiger partial charge on any atom is -0.423 e. The van der Waals surface area contributed by atoms with E-state index in [9.17, 15) is 32.6 Å². The number of amides is 2. The van der Waals surface area contributed by atoms with E-state index in [1.54, 1.807) is 18.2 Å². The fraction of sp³-hybridized carbons (Fsp3) is 0.545. The number of fused-ring (bicyclic) bond motifs is 3. The van der Waals surface area contributed by atoms with E-state index in [2.05, 4.69) is 5.32 Å². The van der Waals surface area contributed by atoms with E-state index in [4.69, 9.17) is 21.9 Å². The number of hydrogen-bond donors (Lipinski definition) is 5. The second-order valence-electron chi connectivity index (χ2n) is 13.5. The van der Waals surface area contributed by atoms with Gasteiger partial charge in [0.05, 0.1) is 23.2 Å². The molecule has 3 aliphatic heterocycles. The maximum atomic E-state index is 13.6. The van der Waals surface area contributed by atoms with Crippen LogP contribution in [-0.4, -0.2) is 71.9 Å². The monoisotopic (exact) mass is 657 g/mol. The maximum Gasteiger partial charge on any atom is 0.492 e. The van der Waals surface area contributed by atoms with Gasteiger partial charge in [0.25, 0.3) is 0 Å². The van der Waals surface area contributed by atoms with Crippen molar-refractivity contribution in [3.05, 3.63) is 64.7 Å². The summed E-state index contributed by atoms with van der Waals surface area (Å²) in [6.45, 7) is 4.53. The van der Waals surface area contributed by atoms with Crippen LogP contribution in [0.25, 0.3) is 0 Å². The SMILES string of the molecule is CC1(C)OB(O)c2cc(CC(=O)[C@@H](Cc3ccc(C(F)(F)F)cc3)NC(=O)[C@@H](N)CCC(=O)N3C4CCC3C(CN)C4CN)ccc21. The third-order valence-corrected chi connectivity index (χ3v) is 10.1. The molecule has 6 atom stereocenters. The van der Waals surface area contributed by atoms with Crippen molar-refractivity contribution >= 4 is 30.2 Å². The number of alkyl halides is 3. The van der Waals surface area contributed by atoms with E-state index in [0.29, 0.717) is 29.7 Å². The molecule has 3 aliphatic rings. The van der Waals surface area contributed by atoms with Crippen molar-refractivity contribution in [2.24, 2.45) is 29.0 Å². The van der Waals surface area contributed by atoms with Crippen molar-refractivity contribution < 1.29 is 37.2 Å². The van der Waals surface area contributed by atoms with Gasteiger partial charge in [-0.05, 0) is 98.7 Å². The van der Waals surface area contributed by atoms with Gasteiger partial charge < -0.3 is 37.1 Å². The van der Waals surface area contributed by atoms with E-state index in [1.165, 1.54) is 12.1 Å². The van der Waals surface area contributed by atoms with Crippen LogP contribution in [0.3, 0.4) is 0 Å². The van der Waals surface area contributed by atoms with Gasteiger partial charge in [0.15, 0.2) is 5.78 Å². The Labute approximate surface area is 272 Å². The van der Waals surface area contributed by atoms with Gasteiger partial charge in [-0.15, -0.1) is 0 Å². The fourth-order valence-corrected chi connectivity index (χ4v) is 7.64. The number of nitrogens with one attached hydrogen (secondary N) is 1. The number of halogens is 3. The summed E-state index contributed by atoms with van der Waals surface area (Å²) in [5, 5.41) is 13.1. The predicted octanol–water partition coefficient (Wildman–Crippen LogP) is 1.13. The number of ketones is 1. The summed E-state index contributed by atoms with van der Waals surface area (Å²) < 4.78 is 45.0. The first-order chi connectivity index (χ1) is 22.1. The first-order valence-corrected chi connectivity index (χ1v) is 16.1. The van der Waals surface area contributed by atoms with Gasteiger partial charge in [-0.3, -0.25) is 14.4 Å². The molecule has 0 saturated carbocycles. The second-order valence-corrected chi connectivity index (χ2v) is 13.5. The average molecular weight is 658 g/mol. The molecule has 14 heteroatoms. The van der Waals surface area contributed by atoms with E-state index >= 15 is 0 Å². The largest absolute Gasteiger partial charge is 0.492 e. The Kier molecular flexibility index (Phi) is 10.2. The summed E-state index contributed by atoms with van der Waals surface area (Å²) in [5.74, 6) is -0.872. The molecule has 10 nitrogen and oxygen atoms in total. The highest BCUT2D eigenvalue weighted by molar-refractivity contribution is 6.62. The molecule has 47 heavy (non-hydrogen) atoms. The summed E-state index contributed by atoms with van der Waals surface area (Å²) in [6.07, 6.45) is -2.91. The van der Waals surface area contributed by atoms with Crippen LogP contribution in [0, 0.1) is 11.8 Å². The summed E-state index contributed by atoms with van der Waals surface area (Å²) in [6, 6.07) is 7.43. The minimum absolute atomic E-state index is 0.0276. The van der Waals surface area contributed by atoms with Gasteiger partial charge in [-0.2, -0.15) is 13.2 Å². The minimum atomic E-state index is -4.52. The Morgan fingerprint density at radius 2 is 1.64 bits per heavy atom. The van der Waals surface area contributed by atoms with Gasteiger partial charge in [-0.25, -0.2) is 0 Å². The van der Waals surface area contributed by atoms with Gasteiger partial charge in [0.2, 0.25) is 11.8 Å². The molecular weight excluding hydrogens is 614 g/mol. The average Bonchev–Trinajstić information content (AvgIpc) is 3.65. The number of rotatable bonds is 12. The quantitative estimate of drug-likeness (QED) is 0.211. The number of hydrogen-bond acceptors (Lipinski definition) is 8. The lowest BCUT2D eigenvalue weighted by Crippen LogP contribution is -2.50. The Hall–Kier alpha value is -3.30. The molecule has 3 heterocycles. The molecule has 5 rings (SSSR count). The second kappa shape index (κ2) is 13.7. The van der Waals surface area contributed by atoms with Crippen molar-refractivity contribution in [2.45, 2.75) is 88.3 Å². The number of nitrogens with two attached hydrogens (primary N) is 3. The summed E-state index contributed by atoms with van der Waals surface area (Å²) in [7, 11) is -1.16. The van der Waals surface area contributed by atoms with Gasteiger partial charge in [0.1, 0.15) is 0 Å². The lowest BCUT2D eigenvalue weighted by atomic mass is 9.77. The Morgan fingerprint density at radius 1 is 1.04 bits per heavy atom. The fourth-order valence-electron chi connectivity index (χ4n) is 7.64. The van der Waals surface area contributed by atoms with Crippen molar-refractivity contribution in [1.82, 2.24) is 10.2 Å². The number of carbonyl (C=O) groups excluding carboxylic acids is 3. The lowest BCUT2D eigenvalue weighted by molar-refractivity contribution is -0.137. The molecule has 0 radical (unpaired) electrons. The predicted molar refractivity (Wildman–Crippen MR) is 170 cm³/mol. The number of Topliss-reactive ketones (excluding diaryl/α,β-unsaturated/α-hetero) is 1. The van der Waals surface area contributed by atoms with Crippen LogP contribution in [-0.2, 0) is 43.7 Å². The molecular formula is C33H43BF3N5O5. The molecule has 2 fully saturated rings. The molecule has 2 aromatic rings. The number of carbonyl (C=O) groups is 3. The Bertz CT molecular complexity index is 1470. The highest BCUT2D eigenvalue weighted by Gasteiger charge is 2.53. The zero-order chi connectivity index (χ0) is 34.3. The summed E-state index contributed by atoms with van der Waals surface area (Å²) in [5.41, 5.74) is 19.0. The van der Waals surface area contributed by atoms with E-state index in [-0.39, 0.29) is 55.5 Å². The zero-order valence-electron chi connectivity index (χ0n) is 26.6. The molecule has 2 aromatic carbocycles. The topological polar surface area (TPSA) is 174 Å². The Balaban J connectivity index is 1.27. The van der Waals surface area contributed by atoms with Gasteiger partial charge in [-0.1, -0.05) is 30.3 Å². The normalized spacial score (nSPS) is 24.3. The molecule has 0 aliphatic carbocycles. The maximum absolute atomic E-state index is 13.6. The van der Waals surface area contributed by atoms with E-state index in [1.807, 2.05) is 18.7 Å². The Morgan fingerprint density at radius 3 is 2.21 bits per heavy atom. The number of nitrogens with zero attached hydrogens (tertiary/aromatic N) is 1. The van der Waals surface area contributed by atoms with Crippen molar-refractivity contribution in [3.63, 3.8) is 0 Å². The standard InChI is InChI=1S/C33H43BF3N5O5/c1-32(2)23-8-5-19(13-24(23)34(46)47-32)15-29(43)26(14-18-3-6-20(7-4-18)33(35,36)37)41-31(45)25(40)9-12-30(44)42-27-10-11-28(42)22(17-39)21(27)16-38/h3-8,13,21-22,25-28,46H,9-12,14-17,38-40H2,1-2H3,(H,41,45)/t21?,22?,25-,26+,27?,28?/m0/s1. The lowest BCUT2D eigenvalue weighted by Gasteiger charge is -2.25. The summed E-state index contributed by atoms with van der Waals surface area (Å²) in [4.78, 5) is 42.1. The smallest absolute Gasteiger partial charge is 0.423 e. The van der Waals surface area contributed by atoms with E-state index in [0.717, 1.165) is 30.5 Å². The molecule has 8 N–H and O–H groups in total. The molecule has 0 aromatic heterocycles. The molecule has 254 valence electrons. The van der Waals surface area contributed by atoms with Crippen LogP contribution in [0.1, 0.15) is 61.8 Å². The molecule has 4 unspecified atom stereocenters. The summed E-state index contributed by atoms with van der Waals surface area (Å²) >= 11 is 0. The highest BCUT2D eigenvalue weighted by atomic mass is 19.4. The van der Waals surface area contributed by atoms with Crippen LogP contribution >= 0.6 is 0 Å². The zero-order valence-corrected chi connectivity index (χ0v) is 26.6. The first kappa shape index (κ1) is 35.0. The third-order valence-electron chi connectivity index (χ3n) is 10.1. The van der Waals surface area contributed by atoms with Gasteiger partial charge >= 0.3 is 13.3 Å². The van der Waals surface area contributed by atoms with E-state index < -0.39 is 48.2 Å². The molecule has 2 saturated heterocycles. The van der Waals surface area contributed by atoms with Crippen LogP contribution in [0.5, 0.6) is 0 Å². The molecule has 2 bridgehead atoms. The van der Waals surface area contributed by atoms with Crippen LogP contribution < -0.4 is 28.0 Å². The molecule has 0 spiro atoms. The number of benzene rings is 2. The van der Waals surface area contributed by atoms with Crippen molar-refractivity contribution in [1.29, 1.82) is 0 Å². The molecule has 2 amide bonds. The highest BCUT2D eigenvalue weighted by Crippen LogP contribution is 2.45. The third kappa shape index (κ3) is 7.26. The van der Waals surface area contributed by atoms with Crippen LogP contribution in [0.2, 0.25) is 0 Å². The van der Waals surface area contributed by atoms with Crippen LogP contribution in [0.4, 0.5) is 13.2 Å². The van der Waals surface area contributed by atoms with Gasteiger partial charge in [0, 0.05) is 24.9 Å².